The van der Waals surface area contributed by atoms with Gasteiger partial charge in [-0.25, -0.2) is 13.2 Å². The lowest BCUT2D eigenvalue weighted by Gasteiger charge is -2.31. The highest BCUT2D eigenvalue weighted by Crippen LogP contribution is 2.39. The number of thioether (sulfide) groups is 1. The molecule has 0 N–H and O–H groups in total. The van der Waals surface area contributed by atoms with Crippen LogP contribution in [0.2, 0.25) is 10.0 Å². The van der Waals surface area contributed by atoms with Crippen molar-refractivity contribution in [2.45, 2.75) is 36.9 Å². The summed E-state index contributed by atoms with van der Waals surface area (Å²) in [6.07, 6.45) is 5.82. The molecule has 1 saturated carbocycles. The highest BCUT2D eigenvalue weighted by atomic mass is 35.5. The van der Waals surface area contributed by atoms with Gasteiger partial charge in [0.2, 0.25) is 10.0 Å². The lowest BCUT2D eigenvalue weighted by Crippen LogP contribution is -2.43. The maximum absolute atomic E-state index is 13.9. The van der Waals surface area contributed by atoms with Crippen LogP contribution in [0.3, 0.4) is 0 Å². The Morgan fingerprint density at radius 2 is 1.82 bits per heavy atom. The minimum Gasteiger partial charge on any atom is -0.619 e. The summed E-state index contributed by atoms with van der Waals surface area (Å²) >= 11 is 14.1. The van der Waals surface area contributed by atoms with Gasteiger partial charge in [-0.1, -0.05) is 29.3 Å². The van der Waals surface area contributed by atoms with Gasteiger partial charge in [0, 0.05) is 43.1 Å². The van der Waals surface area contributed by atoms with Gasteiger partial charge in [0.25, 0.3) is 0 Å². The maximum Gasteiger partial charge on any atom is 0.387 e. The summed E-state index contributed by atoms with van der Waals surface area (Å²) in [7, 11) is -3.76. The molecule has 5 rings (SSSR count). The molecule has 1 aromatic heterocycles. The molecular weight excluding hydrogens is 739 g/mol. The first kappa shape index (κ1) is 38.2. The molecule has 0 spiro atoms. The largest absolute Gasteiger partial charge is 0.619 e. The van der Waals surface area contributed by atoms with E-state index in [2.05, 4.69) is 9.64 Å². The average molecular weight is 777 g/mol. The van der Waals surface area contributed by atoms with Crippen LogP contribution in [0.4, 0.5) is 14.5 Å². The fraction of sp³-hybridized carbons (Fsp3) is 0.455. The predicted octanol–water partition coefficient (Wildman–Crippen LogP) is 5.98. The maximum atomic E-state index is 13.9. The Kier molecular flexibility index (Phi) is 12.9. The van der Waals surface area contributed by atoms with Crippen molar-refractivity contribution in [1.82, 2.24) is 4.90 Å². The number of morpholine rings is 1. The van der Waals surface area contributed by atoms with Crippen molar-refractivity contribution < 1.29 is 45.7 Å². The molecule has 2 aromatic carbocycles. The molecule has 1 atom stereocenters. The molecule has 1 unspecified atom stereocenters. The quantitative estimate of drug-likeness (QED) is 0.0744. The van der Waals surface area contributed by atoms with E-state index in [1.165, 1.54) is 46.4 Å². The number of halogens is 4. The summed E-state index contributed by atoms with van der Waals surface area (Å²) in [5.41, 5.74) is 1.03. The minimum atomic E-state index is -3.76. The van der Waals surface area contributed by atoms with E-state index >= 15 is 0 Å². The first-order chi connectivity index (χ1) is 23.8. The Morgan fingerprint density at radius 1 is 1.12 bits per heavy atom. The van der Waals surface area contributed by atoms with Gasteiger partial charge in [-0.3, -0.25) is 9.21 Å². The summed E-state index contributed by atoms with van der Waals surface area (Å²) in [5, 5.41) is 12.0. The van der Waals surface area contributed by atoms with Gasteiger partial charge in [-0.2, -0.15) is 13.5 Å². The molecule has 50 heavy (non-hydrogen) atoms. The summed E-state index contributed by atoms with van der Waals surface area (Å²) in [5.74, 6) is -0.658. The van der Waals surface area contributed by atoms with E-state index in [9.17, 15) is 27.2 Å². The number of anilines is 1. The highest BCUT2D eigenvalue weighted by Gasteiger charge is 2.28. The lowest BCUT2D eigenvalue weighted by atomic mass is 10.0. The van der Waals surface area contributed by atoms with Gasteiger partial charge in [-0.15, -0.1) is 11.8 Å². The van der Waals surface area contributed by atoms with Crippen LogP contribution in [0, 0.1) is 11.1 Å². The Morgan fingerprint density at radius 3 is 2.44 bits per heavy atom. The van der Waals surface area contributed by atoms with Crippen LogP contribution < -0.4 is 18.5 Å². The molecule has 2 aliphatic rings. The second kappa shape index (κ2) is 17.0. The number of hydrogen-bond acceptors (Lipinski definition) is 10. The zero-order chi connectivity index (χ0) is 36.0. The third-order valence-corrected chi connectivity index (χ3v) is 10.8. The smallest absolute Gasteiger partial charge is 0.387 e. The number of carbonyl (C=O) groups excluding carboxylic acids is 1. The van der Waals surface area contributed by atoms with Crippen LogP contribution in [0.1, 0.15) is 40.4 Å². The van der Waals surface area contributed by atoms with E-state index in [1.807, 2.05) is 0 Å². The lowest BCUT2D eigenvalue weighted by molar-refractivity contribution is -0.605. The van der Waals surface area contributed by atoms with Crippen molar-refractivity contribution in [2.75, 3.05) is 62.8 Å². The SMILES string of the molecule is CSc1ccc(C(=O)OC(Cc2c(Cl)c[n+]([O-])cc2Cl)c2ccc(OC(F)F)c(OCC3CC3)c2)cc1N(CCN1CCOCC1)S(C)(=O)=O. The molecule has 1 aliphatic carbocycles. The number of esters is 1. The van der Waals surface area contributed by atoms with E-state index in [0.717, 1.165) is 31.5 Å². The van der Waals surface area contributed by atoms with E-state index < -0.39 is 28.7 Å². The molecular formula is C33H37Cl2F2N3O8S2. The van der Waals surface area contributed by atoms with Crippen LogP contribution in [0.25, 0.3) is 0 Å². The van der Waals surface area contributed by atoms with Gasteiger partial charge in [0.15, 0.2) is 23.9 Å². The fourth-order valence-electron chi connectivity index (χ4n) is 5.39. The van der Waals surface area contributed by atoms with Gasteiger partial charge in [-0.05, 0) is 60.9 Å². The zero-order valence-electron chi connectivity index (χ0n) is 27.4. The monoisotopic (exact) mass is 775 g/mol. The number of benzene rings is 2. The second-order valence-corrected chi connectivity index (χ2v) is 15.5. The van der Waals surface area contributed by atoms with Crippen molar-refractivity contribution >= 4 is 56.6 Å². The van der Waals surface area contributed by atoms with E-state index in [0.29, 0.717) is 71.8 Å². The number of sulfonamides is 1. The van der Waals surface area contributed by atoms with Crippen LogP contribution in [0.5, 0.6) is 11.5 Å². The third-order valence-electron chi connectivity index (χ3n) is 8.23. The van der Waals surface area contributed by atoms with Crippen molar-refractivity contribution in [3.05, 3.63) is 80.7 Å². The van der Waals surface area contributed by atoms with Gasteiger partial charge >= 0.3 is 12.6 Å². The van der Waals surface area contributed by atoms with Crippen LogP contribution in [0.15, 0.2) is 53.7 Å². The minimum absolute atomic E-state index is 0.0204. The molecule has 3 aromatic rings. The molecule has 11 nitrogen and oxygen atoms in total. The number of alkyl halides is 2. The van der Waals surface area contributed by atoms with Gasteiger partial charge in [0.05, 0.1) is 37.3 Å². The highest BCUT2D eigenvalue weighted by molar-refractivity contribution is 7.99. The Hall–Kier alpha value is -3.08. The van der Waals surface area contributed by atoms with E-state index in [1.54, 1.807) is 12.3 Å². The van der Waals surface area contributed by atoms with Crippen molar-refractivity contribution in [3.63, 3.8) is 0 Å². The number of rotatable bonds is 16. The molecule has 1 saturated heterocycles. The number of pyridine rings is 1. The molecule has 272 valence electrons. The average Bonchev–Trinajstić information content (AvgIpc) is 3.89. The van der Waals surface area contributed by atoms with Crippen LogP contribution >= 0.6 is 35.0 Å². The molecule has 0 bridgehead atoms. The predicted molar refractivity (Wildman–Crippen MR) is 186 cm³/mol. The number of ether oxygens (including phenoxy) is 4. The summed E-state index contributed by atoms with van der Waals surface area (Å²) in [6, 6.07) is 8.86. The molecule has 17 heteroatoms. The van der Waals surface area contributed by atoms with Crippen molar-refractivity contribution in [3.8, 4) is 11.5 Å². The van der Waals surface area contributed by atoms with E-state index in [-0.39, 0.29) is 40.1 Å². The standard InChI is InChI=1S/C33H37Cl2F2N3O8S2/c1-49-31-8-6-23(15-27(31)40(50(2,43)44)10-9-38-11-13-45-14-12-38)32(41)47-29(17-24-25(34)18-39(42)19-26(24)35)22-5-7-28(48-33(36)37)30(16-22)46-20-21-3-4-21/h5-8,15-16,18-19,21,29,33H,3-4,9-14,17,20H2,1-2H3. The Labute approximate surface area is 304 Å². The summed E-state index contributed by atoms with van der Waals surface area (Å²) in [4.78, 5) is 16.6. The molecule has 0 amide bonds. The van der Waals surface area contributed by atoms with E-state index in [4.69, 9.17) is 37.4 Å². The molecule has 0 radical (unpaired) electrons. The van der Waals surface area contributed by atoms with Crippen molar-refractivity contribution in [2.24, 2.45) is 5.92 Å². The van der Waals surface area contributed by atoms with Crippen LogP contribution in [-0.4, -0.2) is 84.4 Å². The molecule has 2 heterocycles. The molecule has 2 fully saturated rings. The van der Waals surface area contributed by atoms with Gasteiger partial charge in [0.1, 0.15) is 16.1 Å². The summed E-state index contributed by atoms with van der Waals surface area (Å²) < 4.78 is 76.3. The Bertz CT molecular complexity index is 1760. The number of carbonyl (C=O) groups is 1. The first-order valence-corrected chi connectivity index (χ1v) is 19.6. The normalized spacial score (nSPS) is 15.9. The topological polar surface area (TPSA) is 122 Å². The van der Waals surface area contributed by atoms with Crippen LogP contribution in [-0.2, 0) is 25.9 Å². The van der Waals surface area contributed by atoms with Gasteiger partial charge < -0.3 is 24.2 Å². The fourth-order valence-corrected chi connectivity index (χ4v) is 7.55. The first-order valence-electron chi connectivity index (χ1n) is 15.8. The van der Waals surface area contributed by atoms with Crippen molar-refractivity contribution in [1.29, 1.82) is 0 Å². The number of aromatic nitrogens is 1. The zero-order valence-corrected chi connectivity index (χ0v) is 30.5. The second-order valence-electron chi connectivity index (χ2n) is 11.9. The number of hydrogen-bond donors (Lipinski definition) is 0. The summed E-state index contributed by atoms with van der Waals surface area (Å²) in [6.45, 7) is 0.265. The Balaban J connectivity index is 1.48. The number of nitrogens with zero attached hydrogens (tertiary/aromatic N) is 3. The third kappa shape index (κ3) is 10.3. The molecule has 1 aliphatic heterocycles.